The van der Waals surface area contributed by atoms with Gasteiger partial charge in [0.1, 0.15) is 11.5 Å². The summed E-state index contributed by atoms with van der Waals surface area (Å²) in [5.74, 6) is 1.34. The van der Waals surface area contributed by atoms with E-state index in [1.54, 1.807) is 20.3 Å². The zero-order chi connectivity index (χ0) is 13.0. The molecule has 0 spiro atoms. The lowest BCUT2D eigenvalue weighted by molar-refractivity contribution is 0.112. The molecule has 1 aliphatic heterocycles. The lowest BCUT2D eigenvalue weighted by Crippen LogP contribution is -2.29. The Hall–Kier alpha value is -1.71. The van der Waals surface area contributed by atoms with E-state index in [9.17, 15) is 4.79 Å². The van der Waals surface area contributed by atoms with Crippen LogP contribution < -0.4 is 14.4 Å². The van der Waals surface area contributed by atoms with Gasteiger partial charge >= 0.3 is 0 Å². The van der Waals surface area contributed by atoms with Gasteiger partial charge in [-0.2, -0.15) is 0 Å². The van der Waals surface area contributed by atoms with E-state index in [0.717, 1.165) is 30.8 Å². The predicted molar refractivity (Wildman–Crippen MR) is 71.0 cm³/mol. The summed E-state index contributed by atoms with van der Waals surface area (Å²) >= 11 is 0. The number of benzene rings is 1. The van der Waals surface area contributed by atoms with E-state index in [-0.39, 0.29) is 0 Å². The number of hydrogen-bond donors (Lipinski definition) is 0. The molecular formula is C14H19NO3. The number of ether oxygens (including phenoxy) is 2. The Morgan fingerprint density at radius 2 is 1.72 bits per heavy atom. The number of carbonyl (C=O) groups is 1. The Balaban J connectivity index is 2.40. The third-order valence-electron chi connectivity index (χ3n) is 3.35. The molecule has 0 amide bonds. The van der Waals surface area contributed by atoms with Gasteiger partial charge in [-0.1, -0.05) is 0 Å². The summed E-state index contributed by atoms with van der Waals surface area (Å²) in [5, 5.41) is 0. The topological polar surface area (TPSA) is 38.8 Å². The van der Waals surface area contributed by atoms with Crippen LogP contribution in [0.1, 0.15) is 29.6 Å². The Labute approximate surface area is 107 Å². The summed E-state index contributed by atoms with van der Waals surface area (Å²) in [6, 6.07) is 3.64. The average molecular weight is 249 g/mol. The van der Waals surface area contributed by atoms with Gasteiger partial charge in [-0.25, -0.2) is 0 Å². The largest absolute Gasteiger partial charge is 0.496 e. The second-order valence-electron chi connectivity index (χ2n) is 4.43. The van der Waals surface area contributed by atoms with Crippen LogP contribution in [0.4, 0.5) is 5.69 Å². The maximum Gasteiger partial charge on any atom is 0.153 e. The molecule has 2 rings (SSSR count). The minimum Gasteiger partial charge on any atom is -0.496 e. The number of hydrogen-bond acceptors (Lipinski definition) is 4. The van der Waals surface area contributed by atoms with Crippen LogP contribution in [0.5, 0.6) is 11.5 Å². The fourth-order valence-electron chi connectivity index (χ4n) is 2.38. The van der Waals surface area contributed by atoms with Gasteiger partial charge in [0.25, 0.3) is 0 Å². The molecule has 0 aromatic heterocycles. The molecule has 1 saturated heterocycles. The molecule has 0 bridgehead atoms. The molecule has 0 N–H and O–H groups in total. The first-order chi connectivity index (χ1) is 8.80. The molecule has 0 saturated carbocycles. The number of nitrogens with zero attached hydrogens (tertiary/aromatic N) is 1. The summed E-state index contributed by atoms with van der Waals surface area (Å²) in [7, 11) is 3.21. The van der Waals surface area contributed by atoms with Crippen LogP contribution in [0.2, 0.25) is 0 Å². The SMILES string of the molecule is COc1cc(N2CCCCC2)c(OC)cc1C=O. The van der Waals surface area contributed by atoms with E-state index in [2.05, 4.69) is 4.90 Å². The van der Waals surface area contributed by atoms with E-state index in [4.69, 9.17) is 9.47 Å². The highest BCUT2D eigenvalue weighted by molar-refractivity contribution is 5.83. The fraction of sp³-hybridized carbons (Fsp3) is 0.500. The van der Waals surface area contributed by atoms with Crippen LogP contribution in [-0.4, -0.2) is 33.6 Å². The van der Waals surface area contributed by atoms with E-state index in [1.807, 2.05) is 6.07 Å². The van der Waals surface area contributed by atoms with Crippen molar-refractivity contribution < 1.29 is 14.3 Å². The second-order valence-corrected chi connectivity index (χ2v) is 4.43. The summed E-state index contributed by atoms with van der Waals surface area (Å²) in [6.07, 6.45) is 4.46. The van der Waals surface area contributed by atoms with Gasteiger partial charge in [0.15, 0.2) is 6.29 Å². The van der Waals surface area contributed by atoms with Gasteiger partial charge in [-0.05, 0) is 25.3 Å². The van der Waals surface area contributed by atoms with Gasteiger partial charge in [0.2, 0.25) is 0 Å². The van der Waals surface area contributed by atoms with E-state index in [1.165, 1.54) is 19.3 Å². The molecule has 1 heterocycles. The number of piperidine rings is 1. The maximum atomic E-state index is 11.0. The Kier molecular flexibility index (Phi) is 4.07. The molecular weight excluding hydrogens is 230 g/mol. The Bertz CT molecular complexity index is 425. The van der Waals surface area contributed by atoms with Gasteiger partial charge in [0.05, 0.1) is 25.5 Å². The molecule has 1 aliphatic rings. The number of methoxy groups -OCH3 is 2. The summed E-state index contributed by atoms with van der Waals surface area (Å²) in [6.45, 7) is 2.06. The number of carbonyl (C=O) groups excluding carboxylic acids is 1. The van der Waals surface area contributed by atoms with Crippen LogP contribution in [0, 0.1) is 0 Å². The van der Waals surface area contributed by atoms with Gasteiger partial charge < -0.3 is 14.4 Å². The molecule has 18 heavy (non-hydrogen) atoms. The lowest BCUT2D eigenvalue weighted by atomic mass is 10.1. The van der Waals surface area contributed by atoms with Crippen molar-refractivity contribution in [3.05, 3.63) is 17.7 Å². The quantitative estimate of drug-likeness (QED) is 0.769. The maximum absolute atomic E-state index is 11.0. The first-order valence-electron chi connectivity index (χ1n) is 6.26. The lowest BCUT2D eigenvalue weighted by Gasteiger charge is -2.30. The van der Waals surface area contributed by atoms with Crippen LogP contribution >= 0.6 is 0 Å². The Morgan fingerprint density at radius 3 is 2.28 bits per heavy atom. The zero-order valence-corrected chi connectivity index (χ0v) is 10.9. The van der Waals surface area contributed by atoms with Crippen LogP contribution in [-0.2, 0) is 0 Å². The van der Waals surface area contributed by atoms with Crippen molar-refractivity contribution in [2.75, 3.05) is 32.2 Å². The van der Waals surface area contributed by atoms with E-state index >= 15 is 0 Å². The third-order valence-corrected chi connectivity index (χ3v) is 3.35. The first kappa shape index (κ1) is 12.7. The molecule has 0 atom stereocenters. The number of rotatable bonds is 4. The number of aldehydes is 1. The Morgan fingerprint density at radius 1 is 1.06 bits per heavy atom. The van der Waals surface area contributed by atoms with Gasteiger partial charge in [-0.3, -0.25) is 4.79 Å². The van der Waals surface area contributed by atoms with Crippen molar-refractivity contribution in [3.63, 3.8) is 0 Å². The van der Waals surface area contributed by atoms with E-state index in [0.29, 0.717) is 11.3 Å². The van der Waals surface area contributed by atoms with Crippen LogP contribution in [0.25, 0.3) is 0 Å². The molecule has 0 radical (unpaired) electrons. The minimum atomic E-state index is 0.523. The second kappa shape index (κ2) is 5.76. The van der Waals surface area contributed by atoms with Crippen molar-refractivity contribution in [3.8, 4) is 11.5 Å². The summed E-state index contributed by atoms with van der Waals surface area (Å²) < 4.78 is 10.6. The zero-order valence-electron chi connectivity index (χ0n) is 10.9. The van der Waals surface area contributed by atoms with Crippen molar-refractivity contribution >= 4 is 12.0 Å². The summed E-state index contributed by atoms with van der Waals surface area (Å²) in [5.41, 5.74) is 1.54. The molecule has 0 unspecified atom stereocenters. The van der Waals surface area contributed by atoms with Gasteiger partial charge in [0, 0.05) is 19.2 Å². The molecule has 1 fully saturated rings. The first-order valence-corrected chi connectivity index (χ1v) is 6.26. The van der Waals surface area contributed by atoms with E-state index < -0.39 is 0 Å². The highest BCUT2D eigenvalue weighted by Crippen LogP contribution is 2.36. The highest BCUT2D eigenvalue weighted by Gasteiger charge is 2.18. The van der Waals surface area contributed by atoms with Crippen molar-refractivity contribution in [2.24, 2.45) is 0 Å². The molecule has 1 aromatic rings. The monoisotopic (exact) mass is 249 g/mol. The van der Waals surface area contributed by atoms with Crippen molar-refractivity contribution in [2.45, 2.75) is 19.3 Å². The normalized spacial score (nSPS) is 15.3. The minimum absolute atomic E-state index is 0.523. The molecule has 1 aromatic carbocycles. The highest BCUT2D eigenvalue weighted by atomic mass is 16.5. The third kappa shape index (κ3) is 2.42. The average Bonchev–Trinajstić information content (AvgIpc) is 2.46. The molecule has 4 nitrogen and oxygen atoms in total. The van der Waals surface area contributed by atoms with Crippen molar-refractivity contribution in [1.29, 1.82) is 0 Å². The summed E-state index contributed by atoms with van der Waals surface area (Å²) in [4.78, 5) is 13.3. The van der Waals surface area contributed by atoms with Gasteiger partial charge in [-0.15, -0.1) is 0 Å². The van der Waals surface area contributed by atoms with Crippen LogP contribution in [0.15, 0.2) is 12.1 Å². The molecule has 98 valence electrons. The number of anilines is 1. The predicted octanol–water partition coefficient (Wildman–Crippen LogP) is 2.51. The fourth-order valence-corrected chi connectivity index (χ4v) is 2.38. The van der Waals surface area contributed by atoms with Crippen LogP contribution in [0.3, 0.4) is 0 Å². The molecule has 4 heteroatoms. The smallest absolute Gasteiger partial charge is 0.153 e. The van der Waals surface area contributed by atoms with Crippen molar-refractivity contribution in [1.82, 2.24) is 0 Å². The standard InChI is InChI=1S/C14H19NO3/c1-17-13-9-12(15-6-4-3-5-7-15)14(18-2)8-11(13)10-16/h8-10H,3-7H2,1-2H3. The molecule has 0 aliphatic carbocycles.